The van der Waals surface area contributed by atoms with Crippen LogP contribution in [0.15, 0.2) is 18.3 Å². The lowest BCUT2D eigenvalue weighted by Gasteiger charge is -2.34. The minimum atomic E-state index is -5.08. The fourth-order valence-electron chi connectivity index (χ4n) is 3.69. The van der Waals surface area contributed by atoms with Crippen LogP contribution in [-0.4, -0.2) is 62.8 Å². The lowest BCUT2D eigenvalue weighted by atomic mass is 9.91. The van der Waals surface area contributed by atoms with Gasteiger partial charge in [-0.3, -0.25) is 4.68 Å². The molecule has 0 radical (unpaired) electrons. The number of piperidine rings is 1. The van der Waals surface area contributed by atoms with Gasteiger partial charge in [0.05, 0.1) is 12.7 Å². The van der Waals surface area contributed by atoms with Gasteiger partial charge < -0.3 is 21.1 Å². The number of allylic oxidation sites excluding steroid dienone is 2. The number of nitrogens with two attached hydrogens (primary N) is 1. The van der Waals surface area contributed by atoms with Gasteiger partial charge in [0.2, 0.25) is 0 Å². The maximum Gasteiger partial charge on any atom is 0.490 e. The van der Waals surface area contributed by atoms with Crippen LogP contribution in [0.4, 0.5) is 18.0 Å². The highest BCUT2D eigenvalue weighted by atomic mass is 19.4. The van der Waals surface area contributed by atoms with Crippen LogP contribution in [0, 0.1) is 11.8 Å². The molecule has 3 rings (SSSR count). The summed E-state index contributed by atoms with van der Waals surface area (Å²) in [5.41, 5.74) is 5.81. The molecule has 1 aliphatic heterocycles. The van der Waals surface area contributed by atoms with E-state index >= 15 is 0 Å². The first-order chi connectivity index (χ1) is 14.6. The first kappa shape index (κ1) is 24.6. The van der Waals surface area contributed by atoms with Gasteiger partial charge in [0, 0.05) is 13.1 Å². The predicted molar refractivity (Wildman–Crippen MR) is 106 cm³/mol. The first-order valence-electron chi connectivity index (χ1n) is 10.2. The molecular weight excluding hydrogens is 417 g/mol. The number of urea groups is 1. The van der Waals surface area contributed by atoms with Crippen molar-refractivity contribution in [3.05, 3.63) is 24.0 Å². The molecule has 174 valence electrons. The maximum absolute atomic E-state index is 10.7. The Morgan fingerprint density at radius 1 is 1.16 bits per heavy atom. The molecule has 2 amide bonds. The second kappa shape index (κ2) is 11.7. The Labute approximate surface area is 178 Å². The molecule has 9 nitrogen and oxygen atoms in total. The summed E-state index contributed by atoms with van der Waals surface area (Å²) < 4.78 is 33.6. The van der Waals surface area contributed by atoms with Gasteiger partial charge in [-0.25, -0.2) is 9.59 Å². The minimum absolute atomic E-state index is 0.337. The average molecular weight is 446 g/mol. The molecule has 1 aliphatic carbocycles. The molecule has 0 saturated carbocycles. The van der Waals surface area contributed by atoms with Crippen molar-refractivity contribution in [1.29, 1.82) is 0 Å². The Kier molecular flexibility index (Phi) is 9.28. The Balaban J connectivity index is 0.000000423. The lowest BCUT2D eigenvalue weighted by Crippen LogP contribution is -2.38. The molecule has 2 aliphatic rings. The average Bonchev–Trinajstić information content (AvgIpc) is 3.16. The maximum atomic E-state index is 10.7. The molecule has 1 atom stereocenters. The van der Waals surface area contributed by atoms with Crippen LogP contribution in [0.5, 0.6) is 0 Å². The summed E-state index contributed by atoms with van der Waals surface area (Å²) in [6, 6.07) is -0.537. The van der Waals surface area contributed by atoms with Crippen molar-refractivity contribution >= 4 is 12.0 Å². The van der Waals surface area contributed by atoms with E-state index < -0.39 is 18.2 Å². The third kappa shape index (κ3) is 9.37. The van der Waals surface area contributed by atoms with E-state index in [1.54, 1.807) is 0 Å². The van der Waals surface area contributed by atoms with E-state index in [2.05, 4.69) is 32.7 Å². The number of nitrogens with zero attached hydrogens (tertiary/aromatic N) is 4. The van der Waals surface area contributed by atoms with Gasteiger partial charge in [-0.2, -0.15) is 13.2 Å². The third-order valence-electron chi connectivity index (χ3n) is 5.32. The number of likely N-dealkylation sites (tertiary alicyclic amines) is 1. The number of carbonyl (C=O) groups excluding carboxylic acids is 1. The number of primary amides is 1. The standard InChI is InChI=1S/C17H28N6O.C2HF3O2/c18-17(24)19-10-16-13-23(21-20-16)12-15-6-8-22(9-7-15)11-14-4-2-1-3-5-14;3-2(4,5)1(6)7/h1-2,13-15H,3-12H2,(H3,18,19,24);(H,6,7). The fourth-order valence-corrected chi connectivity index (χ4v) is 3.69. The summed E-state index contributed by atoms with van der Waals surface area (Å²) in [5, 5.41) is 17.9. The van der Waals surface area contributed by atoms with Crippen LogP contribution in [0.3, 0.4) is 0 Å². The van der Waals surface area contributed by atoms with Gasteiger partial charge in [-0.1, -0.05) is 17.4 Å². The molecule has 0 spiro atoms. The van der Waals surface area contributed by atoms with Crippen molar-refractivity contribution in [2.45, 2.75) is 51.4 Å². The molecule has 1 aromatic rings. The highest BCUT2D eigenvalue weighted by Gasteiger charge is 2.38. The van der Waals surface area contributed by atoms with E-state index in [-0.39, 0.29) is 0 Å². The van der Waals surface area contributed by atoms with Crippen molar-refractivity contribution < 1.29 is 27.9 Å². The van der Waals surface area contributed by atoms with Crippen molar-refractivity contribution in [2.24, 2.45) is 17.6 Å². The second-order valence-corrected chi connectivity index (χ2v) is 7.85. The largest absolute Gasteiger partial charge is 0.490 e. The second-order valence-electron chi connectivity index (χ2n) is 7.85. The van der Waals surface area contributed by atoms with E-state index in [4.69, 9.17) is 15.6 Å². The van der Waals surface area contributed by atoms with Crippen LogP contribution in [0.25, 0.3) is 0 Å². The van der Waals surface area contributed by atoms with Gasteiger partial charge in [0.25, 0.3) is 0 Å². The Bertz CT molecular complexity index is 744. The summed E-state index contributed by atoms with van der Waals surface area (Å²) >= 11 is 0. The Hall–Kier alpha value is -2.63. The number of carbonyl (C=O) groups is 2. The quantitative estimate of drug-likeness (QED) is 0.575. The number of alkyl halides is 3. The van der Waals surface area contributed by atoms with E-state index in [9.17, 15) is 18.0 Å². The number of carboxylic acids is 1. The van der Waals surface area contributed by atoms with Crippen molar-refractivity contribution in [1.82, 2.24) is 25.2 Å². The fraction of sp³-hybridized carbons (Fsp3) is 0.684. The van der Waals surface area contributed by atoms with Crippen LogP contribution in [0.1, 0.15) is 37.8 Å². The highest BCUT2D eigenvalue weighted by Crippen LogP contribution is 2.24. The van der Waals surface area contributed by atoms with Gasteiger partial charge in [-0.15, -0.1) is 5.10 Å². The lowest BCUT2D eigenvalue weighted by molar-refractivity contribution is -0.192. The molecule has 0 aromatic carbocycles. The number of hydrogen-bond donors (Lipinski definition) is 3. The monoisotopic (exact) mass is 446 g/mol. The zero-order chi connectivity index (χ0) is 22.9. The van der Waals surface area contributed by atoms with Crippen LogP contribution in [-0.2, 0) is 17.9 Å². The summed E-state index contributed by atoms with van der Waals surface area (Å²) in [5.74, 6) is -1.25. The van der Waals surface area contributed by atoms with Gasteiger partial charge in [0.15, 0.2) is 0 Å². The van der Waals surface area contributed by atoms with E-state index in [1.807, 2.05) is 10.9 Å². The number of nitrogens with one attached hydrogen (secondary N) is 1. The molecule has 12 heteroatoms. The number of rotatable bonds is 6. The molecule has 2 heterocycles. The first-order valence-corrected chi connectivity index (χ1v) is 10.2. The molecule has 31 heavy (non-hydrogen) atoms. The van der Waals surface area contributed by atoms with E-state index in [1.165, 1.54) is 51.7 Å². The molecule has 1 unspecified atom stereocenters. The summed E-state index contributed by atoms with van der Waals surface area (Å²) in [4.78, 5) is 22.2. The normalized spacial score (nSPS) is 20.0. The molecule has 1 fully saturated rings. The molecule has 0 bridgehead atoms. The molecule has 1 aromatic heterocycles. The molecule has 1 saturated heterocycles. The zero-order valence-electron chi connectivity index (χ0n) is 17.2. The van der Waals surface area contributed by atoms with Crippen LogP contribution >= 0.6 is 0 Å². The van der Waals surface area contributed by atoms with Crippen molar-refractivity contribution in [2.75, 3.05) is 19.6 Å². The van der Waals surface area contributed by atoms with Gasteiger partial charge >= 0.3 is 18.2 Å². The van der Waals surface area contributed by atoms with E-state index in [0.29, 0.717) is 12.5 Å². The van der Waals surface area contributed by atoms with Crippen molar-refractivity contribution in [3.63, 3.8) is 0 Å². The smallest absolute Gasteiger partial charge is 0.475 e. The number of amides is 2. The molecule has 4 N–H and O–H groups in total. The van der Waals surface area contributed by atoms with Crippen LogP contribution < -0.4 is 11.1 Å². The zero-order valence-corrected chi connectivity index (χ0v) is 17.2. The summed E-state index contributed by atoms with van der Waals surface area (Å²) in [6.45, 7) is 4.88. The topological polar surface area (TPSA) is 126 Å². The Morgan fingerprint density at radius 3 is 2.39 bits per heavy atom. The highest BCUT2D eigenvalue weighted by molar-refractivity contribution is 5.73. The predicted octanol–water partition coefficient (Wildman–Crippen LogP) is 2.15. The SMILES string of the molecule is NC(=O)NCc1cn(CC2CCN(CC3CC=CCC3)CC2)nn1.O=C(O)C(F)(F)F. The number of hydrogen-bond acceptors (Lipinski definition) is 5. The number of aliphatic carboxylic acids is 1. The number of aromatic nitrogens is 3. The number of halogens is 3. The number of carboxylic acid groups (broad SMARTS) is 1. The van der Waals surface area contributed by atoms with Crippen molar-refractivity contribution in [3.8, 4) is 0 Å². The summed E-state index contributed by atoms with van der Waals surface area (Å²) in [6.07, 6.45) is 7.76. The van der Waals surface area contributed by atoms with Gasteiger partial charge in [-0.05, 0) is 57.0 Å². The van der Waals surface area contributed by atoms with Crippen LogP contribution in [0.2, 0.25) is 0 Å². The van der Waals surface area contributed by atoms with Gasteiger partial charge in [0.1, 0.15) is 5.69 Å². The Morgan fingerprint density at radius 2 is 1.84 bits per heavy atom. The minimum Gasteiger partial charge on any atom is -0.475 e. The van der Waals surface area contributed by atoms with E-state index in [0.717, 1.165) is 18.2 Å². The summed E-state index contributed by atoms with van der Waals surface area (Å²) in [7, 11) is 0. The third-order valence-corrected chi connectivity index (χ3v) is 5.32. The molecular formula is C19H29F3N6O3.